The first-order valence-electron chi connectivity index (χ1n) is 6.85. The zero-order chi connectivity index (χ0) is 13.2. The number of benzene rings is 2. The Labute approximate surface area is 121 Å². The standard InChI is InChI=1S/C17H17BrO/c1-2-3-7-15(18)12-9-10-17-14(11-12)13-6-4-5-8-16(13)19-17/h4-6,8-11,15H,2-3,7H2,1H3. The molecular weight excluding hydrogens is 300 g/mol. The van der Waals surface area contributed by atoms with E-state index in [0.717, 1.165) is 11.2 Å². The smallest absolute Gasteiger partial charge is 0.135 e. The predicted octanol–water partition coefficient (Wildman–Crippen LogP) is 6.21. The Hall–Kier alpha value is -1.28. The maximum Gasteiger partial charge on any atom is 0.135 e. The molecule has 0 aliphatic heterocycles. The molecule has 1 heterocycles. The van der Waals surface area contributed by atoms with Gasteiger partial charge in [0.25, 0.3) is 0 Å². The van der Waals surface area contributed by atoms with Crippen LogP contribution < -0.4 is 0 Å². The highest BCUT2D eigenvalue weighted by molar-refractivity contribution is 9.09. The number of alkyl halides is 1. The molecule has 1 nitrogen and oxygen atoms in total. The molecule has 1 aromatic heterocycles. The molecule has 3 aromatic rings. The lowest BCUT2D eigenvalue weighted by atomic mass is 10.0. The lowest BCUT2D eigenvalue weighted by Crippen LogP contribution is -1.89. The normalized spacial score (nSPS) is 13.2. The van der Waals surface area contributed by atoms with Gasteiger partial charge in [-0.15, -0.1) is 0 Å². The number of para-hydroxylation sites is 1. The second kappa shape index (κ2) is 5.38. The van der Waals surface area contributed by atoms with E-state index >= 15 is 0 Å². The summed E-state index contributed by atoms with van der Waals surface area (Å²) < 4.78 is 5.85. The average Bonchev–Trinajstić information content (AvgIpc) is 2.82. The molecule has 1 unspecified atom stereocenters. The molecular formula is C17H17BrO. The van der Waals surface area contributed by atoms with Crippen molar-refractivity contribution >= 4 is 37.9 Å². The number of hydrogen-bond donors (Lipinski definition) is 0. The highest BCUT2D eigenvalue weighted by Crippen LogP contribution is 2.34. The fraction of sp³-hybridized carbons (Fsp3) is 0.294. The van der Waals surface area contributed by atoms with Crippen LogP contribution >= 0.6 is 15.9 Å². The van der Waals surface area contributed by atoms with Crippen molar-refractivity contribution < 1.29 is 4.42 Å². The van der Waals surface area contributed by atoms with Gasteiger partial charge in [0.1, 0.15) is 11.2 Å². The first-order chi connectivity index (χ1) is 9.29. The van der Waals surface area contributed by atoms with Crippen molar-refractivity contribution in [3.8, 4) is 0 Å². The second-order valence-corrected chi connectivity index (χ2v) is 6.07. The topological polar surface area (TPSA) is 13.1 Å². The van der Waals surface area contributed by atoms with Crippen LogP contribution in [0.2, 0.25) is 0 Å². The van der Waals surface area contributed by atoms with E-state index < -0.39 is 0 Å². The summed E-state index contributed by atoms with van der Waals surface area (Å²) in [5.74, 6) is 0. The molecule has 19 heavy (non-hydrogen) atoms. The first-order valence-corrected chi connectivity index (χ1v) is 7.76. The Morgan fingerprint density at radius 2 is 1.84 bits per heavy atom. The van der Waals surface area contributed by atoms with Crippen molar-refractivity contribution in [1.82, 2.24) is 0 Å². The molecule has 2 aromatic carbocycles. The van der Waals surface area contributed by atoms with Crippen molar-refractivity contribution in [2.24, 2.45) is 0 Å². The quantitative estimate of drug-likeness (QED) is 0.521. The van der Waals surface area contributed by atoms with Crippen molar-refractivity contribution in [3.05, 3.63) is 48.0 Å². The minimum absolute atomic E-state index is 0.436. The number of hydrogen-bond acceptors (Lipinski definition) is 1. The predicted molar refractivity (Wildman–Crippen MR) is 84.9 cm³/mol. The van der Waals surface area contributed by atoms with Crippen LogP contribution in [-0.4, -0.2) is 0 Å². The third-order valence-corrected chi connectivity index (χ3v) is 4.56. The SMILES string of the molecule is CCCCC(Br)c1ccc2oc3ccccc3c2c1. The summed E-state index contributed by atoms with van der Waals surface area (Å²) in [5.41, 5.74) is 3.28. The van der Waals surface area contributed by atoms with Crippen LogP contribution in [0.3, 0.4) is 0 Å². The summed E-state index contributed by atoms with van der Waals surface area (Å²) in [6, 6.07) is 14.7. The van der Waals surface area contributed by atoms with Gasteiger partial charge in [-0.3, -0.25) is 0 Å². The molecule has 0 N–H and O–H groups in total. The maximum atomic E-state index is 5.85. The zero-order valence-electron chi connectivity index (χ0n) is 11.0. The van der Waals surface area contributed by atoms with Crippen LogP contribution in [0.1, 0.15) is 36.6 Å². The molecule has 0 fully saturated rings. The first kappa shape index (κ1) is 12.7. The summed E-state index contributed by atoms with van der Waals surface area (Å²) >= 11 is 3.79. The van der Waals surface area contributed by atoms with Gasteiger partial charge < -0.3 is 4.42 Å². The monoisotopic (exact) mass is 316 g/mol. The molecule has 0 amide bonds. The van der Waals surface area contributed by atoms with E-state index in [9.17, 15) is 0 Å². The number of furan rings is 1. The van der Waals surface area contributed by atoms with Gasteiger partial charge in [-0.25, -0.2) is 0 Å². The van der Waals surface area contributed by atoms with E-state index in [1.807, 2.05) is 12.1 Å². The summed E-state index contributed by atoms with van der Waals surface area (Å²) in [4.78, 5) is 0.436. The lowest BCUT2D eigenvalue weighted by Gasteiger charge is -2.09. The summed E-state index contributed by atoms with van der Waals surface area (Å²) in [5, 5.41) is 2.42. The molecule has 0 radical (unpaired) electrons. The molecule has 0 bridgehead atoms. The molecule has 0 spiro atoms. The fourth-order valence-corrected chi connectivity index (χ4v) is 3.10. The Kier molecular flexibility index (Phi) is 3.61. The zero-order valence-corrected chi connectivity index (χ0v) is 12.6. The lowest BCUT2D eigenvalue weighted by molar-refractivity contribution is 0.668. The third-order valence-electron chi connectivity index (χ3n) is 3.57. The minimum Gasteiger partial charge on any atom is -0.456 e. The van der Waals surface area contributed by atoms with Gasteiger partial charge in [0.05, 0.1) is 0 Å². The maximum absolute atomic E-state index is 5.85. The molecule has 1 atom stereocenters. The van der Waals surface area contributed by atoms with Crippen LogP contribution in [0.25, 0.3) is 21.9 Å². The van der Waals surface area contributed by atoms with Gasteiger partial charge in [0.2, 0.25) is 0 Å². The van der Waals surface area contributed by atoms with Crippen LogP contribution in [-0.2, 0) is 0 Å². The number of unbranched alkanes of at least 4 members (excludes halogenated alkanes) is 1. The van der Waals surface area contributed by atoms with Gasteiger partial charge in [0.15, 0.2) is 0 Å². The number of rotatable bonds is 4. The largest absolute Gasteiger partial charge is 0.456 e. The Morgan fingerprint density at radius 1 is 1.05 bits per heavy atom. The Morgan fingerprint density at radius 3 is 2.68 bits per heavy atom. The van der Waals surface area contributed by atoms with Gasteiger partial charge in [0, 0.05) is 15.6 Å². The summed E-state index contributed by atoms with van der Waals surface area (Å²) in [6.45, 7) is 2.23. The van der Waals surface area contributed by atoms with Crippen molar-refractivity contribution in [1.29, 1.82) is 0 Å². The molecule has 0 aliphatic rings. The molecule has 2 heteroatoms. The number of halogens is 1. The van der Waals surface area contributed by atoms with Crippen LogP contribution in [0.15, 0.2) is 46.9 Å². The highest BCUT2D eigenvalue weighted by atomic mass is 79.9. The highest BCUT2D eigenvalue weighted by Gasteiger charge is 2.11. The molecule has 0 aliphatic carbocycles. The number of fused-ring (bicyclic) bond motifs is 3. The van der Waals surface area contributed by atoms with E-state index in [-0.39, 0.29) is 0 Å². The van der Waals surface area contributed by atoms with Gasteiger partial charge >= 0.3 is 0 Å². The average molecular weight is 317 g/mol. The Bertz CT molecular complexity index is 699. The molecule has 98 valence electrons. The molecule has 0 saturated carbocycles. The minimum atomic E-state index is 0.436. The van der Waals surface area contributed by atoms with Crippen molar-refractivity contribution in [3.63, 3.8) is 0 Å². The van der Waals surface area contributed by atoms with Crippen LogP contribution in [0.4, 0.5) is 0 Å². The van der Waals surface area contributed by atoms with Crippen molar-refractivity contribution in [2.75, 3.05) is 0 Å². The van der Waals surface area contributed by atoms with Gasteiger partial charge in [-0.2, -0.15) is 0 Å². The van der Waals surface area contributed by atoms with Crippen molar-refractivity contribution in [2.45, 2.75) is 31.0 Å². The van der Waals surface area contributed by atoms with Crippen LogP contribution in [0, 0.1) is 0 Å². The third kappa shape index (κ3) is 2.42. The van der Waals surface area contributed by atoms with Crippen LogP contribution in [0.5, 0.6) is 0 Å². The second-order valence-electron chi connectivity index (χ2n) is 4.96. The molecule has 3 rings (SSSR count). The van der Waals surface area contributed by atoms with E-state index in [0.29, 0.717) is 4.83 Å². The summed E-state index contributed by atoms with van der Waals surface area (Å²) in [6.07, 6.45) is 3.66. The van der Waals surface area contributed by atoms with Gasteiger partial charge in [-0.1, -0.05) is 60.0 Å². The molecule has 0 saturated heterocycles. The van der Waals surface area contributed by atoms with E-state index in [1.54, 1.807) is 0 Å². The fourth-order valence-electron chi connectivity index (χ4n) is 2.49. The van der Waals surface area contributed by atoms with Gasteiger partial charge in [-0.05, 0) is 30.2 Å². The van der Waals surface area contributed by atoms with E-state index in [4.69, 9.17) is 4.42 Å². The Balaban J connectivity index is 2.06. The van der Waals surface area contributed by atoms with E-state index in [1.165, 1.54) is 35.6 Å². The summed E-state index contributed by atoms with van der Waals surface area (Å²) in [7, 11) is 0. The van der Waals surface area contributed by atoms with E-state index in [2.05, 4.69) is 53.2 Å².